The first kappa shape index (κ1) is 24.2. The van der Waals surface area contributed by atoms with E-state index in [1.807, 2.05) is 6.92 Å². The van der Waals surface area contributed by atoms with Gasteiger partial charge in [0.15, 0.2) is 0 Å². The number of carbonyl (C=O) groups is 2. The summed E-state index contributed by atoms with van der Waals surface area (Å²) in [5.41, 5.74) is 4.19. The van der Waals surface area contributed by atoms with Gasteiger partial charge in [-0.3, -0.25) is 14.3 Å². The Morgan fingerprint density at radius 2 is 1.77 bits per heavy atom. The molecule has 0 saturated carbocycles. The molecule has 0 spiro atoms. The average molecular weight is 494 g/mol. The van der Waals surface area contributed by atoms with Crippen molar-refractivity contribution in [1.29, 1.82) is 0 Å². The molecule has 11 nitrogen and oxygen atoms in total. The lowest BCUT2D eigenvalue weighted by Crippen LogP contribution is -2.35. The molecule has 4 aromatic heterocycles. The van der Waals surface area contributed by atoms with E-state index in [-0.39, 0.29) is 23.2 Å². The third kappa shape index (κ3) is 4.96. The number of anilines is 2. The van der Waals surface area contributed by atoms with Crippen LogP contribution in [0, 0.1) is 13.8 Å². The van der Waals surface area contributed by atoms with Crippen molar-refractivity contribution in [2.45, 2.75) is 26.8 Å². The maximum absolute atomic E-state index is 13.0. The van der Waals surface area contributed by atoms with Gasteiger partial charge in [-0.15, -0.1) is 0 Å². The molecule has 0 radical (unpaired) electrons. The fourth-order valence-electron chi connectivity index (χ4n) is 3.60. The minimum Gasteiger partial charge on any atom is -0.309 e. The standard InChI is InChI=1S/C23H24ClN9O2/c1-11-6-15(24)9-26-18(11)23(35)31-17-8-14(7-16(29-17)30-22(34)13(3)25-4)20-21-19(27-10-28-20)12(2)32-33(21)5/h6-10,13,25H,1-5H3,(H2,29,30,31,34,35). The Hall–Kier alpha value is -3.96. The molecule has 4 aromatic rings. The Kier molecular flexibility index (Phi) is 6.72. The zero-order valence-corrected chi connectivity index (χ0v) is 20.6. The summed E-state index contributed by atoms with van der Waals surface area (Å²) >= 11 is 5.97. The second-order valence-corrected chi connectivity index (χ2v) is 8.46. The molecule has 0 aliphatic rings. The number of halogens is 1. The normalized spacial score (nSPS) is 11.9. The van der Waals surface area contributed by atoms with Crippen molar-refractivity contribution in [3.63, 3.8) is 0 Å². The van der Waals surface area contributed by atoms with Gasteiger partial charge < -0.3 is 16.0 Å². The van der Waals surface area contributed by atoms with E-state index >= 15 is 0 Å². The molecule has 0 fully saturated rings. The summed E-state index contributed by atoms with van der Waals surface area (Å²) in [4.78, 5) is 42.8. The van der Waals surface area contributed by atoms with Crippen molar-refractivity contribution >= 4 is 46.1 Å². The van der Waals surface area contributed by atoms with E-state index in [0.29, 0.717) is 32.9 Å². The Bertz CT molecular complexity index is 1450. The van der Waals surface area contributed by atoms with Crippen LogP contribution in [0.5, 0.6) is 0 Å². The van der Waals surface area contributed by atoms with E-state index in [1.54, 1.807) is 50.8 Å². The summed E-state index contributed by atoms with van der Waals surface area (Å²) in [6.07, 6.45) is 2.85. The van der Waals surface area contributed by atoms with Gasteiger partial charge in [0, 0.05) is 18.8 Å². The van der Waals surface area contributed by atoms with Gasteiger partial charge >= 0.3 is 0 Å². The molecular weight excluding hydrogens is 470 g/mol. The summed E-state index contributed by atoms with van der Waals surface area (Å²) in [5.74, 6) is -0.291. The number of nitrogens with zero attached hydrogens (tertiary/aromatic N) is 6. The third-order valence-corrected chi connectivity index (χ3v) is 5.67. The number of amides is 2. The van der Waals surface area contributed by atoms with Gasteiger partial charge in [0.25, 0.3) is 5.91 Å². The Balaban J connectivity index is 1.80. The number of pyridine rings is 2. The molecule has 4 heterocycles. The maximum atomic E-state index is 13.0. The molecule has 1 atom stereocenters. The first-order valence-electron chi connectivity index (χ1n) is 10.8. The number of hydrogen-bond donors (Lipinski definition) is 3. The number of rotatable bonds is 6. The number of aromatic nitrogens is 6. The van der Waals surface area contributed by atoms with E-state index in [0.717, 1.165) is 5.69 Å². The highest BCUT2D eigenvalue weighted by Gasteiger charge is 2.19. The number of carbonyl (C=O) groups excluding carboxylic acids is 2. The van der Waals surface area contributed by atoms with Gasteiger partial charge in [0.05, 0.1) is 22.5 Å². The van der Waals surface area contributed by atoms with Crippen LogP contribution < -0.4 is 16.0 Å². The van der Waals surface area contributed by atoms with Gasteiger partial charge in [-0.05, 0) is 51.6 Å². The molecule has 180 valence electrons. The summed E-state index contributed by atoms with van der Waals surface area (Å²) in [7, 11) is 3.49. The fraction of sp³-hybridized carbons (Fsp3) is 0.261. The fourth-order valence-corrected chi connectivity index (χ4v) is 3.81. The monoisotopic (exact) mass is 493 g/mol. The van der Waals surface area contributed by atoms with E-state index < -0.39 is 11.9 Å². The van der Waals surface area contributed by atoms with E-state index in [9.17, 15) is 9.59 Å². The van der Waals surface area contributed by atoms with Gasteiger partial charge in [-0.25, -0.2) is 19.9 Å². The highest BCUT2D eigenvalue weighted by atomic mass is 35.5. The van der Waals surface area contributed by atoms with Crippen LogP contribution in [0.15, 0.2) is 30.7 Å². The lowest BCUT2D eigenvalue weighted by molar-refractivity contribution is -0.117. The van der Waals surface area contributed by atoms with Crippen molar-refractivity contribution in [1.82, 2.24) is 35.0 Å². The van der Waals surface area contributed by atoms with E-state index in [1.165, 1.54) is 12.5 Å². The number of nitrogens with one attached hydrogen (secondary N) is 3. The first-order chi connectivity index (χ1) is 16.7. The molecule has 35 heavy (non-hydrogen) atoms. The average Bonchev–Trinajstić information content (AvgIpc) is 3.11. The molecule has 2 amide bonds. The SMILES string of the molecule is CNC(C)C(=O)Nc1cc(-c2ncnc3c(C)nn(C)c23)cc(NC(=O)c2ncc(Cl)cc2C)n1. The zero-order chi connectivity index (χ0) is 25.3. The summed E-state index contributed by atoms with van der Waals surface area (Å²) in [5, 5.41) is 13.3. The number of hydrogen-bond acceptors (Lipinski definition) is 8. The van der Waals surface area contributed by atoms with Crippen molar-refractivity contribution in [2.75, 3.05) is 17.7 Å². The van der Waals surface area contributed by atoms with Crippen LogP contribution in [0.25, 0.3) is 22.3 Å². The Morgan fingerprint density at radius 1 is 1.06 bits per heavy atom. The van der Waals surface area contributed by atoms with Crippen LogP contribution in [0.3, 0.4) is 0 Å². The molecule has 0 aliphatic carbocycles. The lowest BCUT2D eigenvalue weighted by Gasteiger charge is -2.14. The van der Waals surface area contributed by atoms with Gasteiger partial charge in [-0.1, -0.05) is 11.6 Å². The smallest absolute Gasteiger partial charge is 0.275 e. The summed E-state index contributed by atoms with van der Waals surface area (Å²) in [6.45, 7) is 5.33. The second-order valence-electron chi connectivity index (χ2n) is 8.03. The molecule has 1 unspecified atom stereocenters. The Labute approximate surface area is 206 Å². The Morgan fingerprint density at radius 3 is 2.46 bits per heavy atom. The van der Waals surface area contributed by atoms with Crippen molar-refractivity contribution in [3.05, 3.63) is 52.7 Å². The third-order valence-electron chi connectivity index (χ3n) is 5.47. The van der Waals surface area contributed by atoms with Crippen LogP contribution >= 0.6 is 11.6 Å². The molecule has 12 heteroatoms. The quantitative estimate of drug-likeness (QED) is 0.372. The summed E-state index contributed by atoms with van der Waals surface area (Å²) in [6, 6.07) is 4.56. The minimum atomic E-state index is -0.464. The zero-order valence-electron chi connectivity index (χ0n) is 19.8. The molecule has 0 aromatic carbocycles. The van der Waals surface area contributed by atoms with E-state index in [2.05, 4.69) is 41.0 Å². The first-order valence-corrected chi connectivity index (χ1v) is 11.1. The topological polar surface area (TPSA) is 140 Å². The lowest BCUT2D eigenvalue weighted by atomic mass is 10.1. The predicted molar refractivity (Wildman–Crippen MR) is 133 cm³/mol. The van der Waals surface area contributed by atoms with Crippen molar-refractivity contribution in [2.24, 2.45) is 7.05 Å². The number of fused-ring (bicyclic) bond motifs is 1. The van der Waals surface area contributed by atoms with Crippen LogP contribution in [-0.4, -0.2) is 54.6 Å². The molecule has 0 saturated heterocycles. The highest BCUT2D eigenvalue weighted by Crippen LogP contribution is 2.30. The second kappa shape index (κ2) is 9.72. The maximum Gasteiger partial charge on any atom is 0.275 e. The molecule has 0 bridgehead atoms. The van der Waals surface area contributed by atoms with Gasteiger partial charge in [0.1, 0.15) is 34.7 Å². The minimum absolute atomic E-state index is 0.210. The van der Waals surface area contributed by atoms with Crippen LogP contribution in [-0.2, 0) is 11.8 Å². The summed E-state index contributed by atoms with van der Waals surface area (Å²) < 4.78 is 1.70. The molecular formula is C23H24ClN9O2. The van der Waals surface area contributed by atoms with Gasteiger partial charge in [-0.2, -0.15) is 5.10 Å². The van der Waals surface area contributed by atoms with Crippen molar-refractivity contribution in [3.8, 4) is 11.3 Å². The van der Waals surface area contributed by atoms with Crippen LogP contribution in [0.2, 0.25) is 5.02 Å². The molecule has 4 rings (SSSR count). The number of likely N-dealkylation sites (N-methyl/N-ethyl adjacent to an activating group) is 1. The van der Waals surface area contributed by atoms with Crippen LogP contribution in [0.4, 0.5) is 11.6 Å². The van der Waals surface area contributed by atoms with Crippen LogP contribution in [0.1, 0.15) is 28.7 Å². The van der Waals surface area contributed by atoms with Crippen molar-refractivity contribution < 1.29 is 9.59 Å². The highest BCUT2D eigenvalue weighted by molar-refractivity contribution is 6.30. The number of aryl methyl sites for hydroxylation is 3. The molecule has 0 aliphatic heterocycles. The molecule has 3 N–H and O–H groups in total. The largest absolute Gasteiger partial charge is 0.309 e. The van der Waals surface area contributed by atoms with Gasteiger partial charge in [0.2, 0.25) is 5.91 Å². The predicted octanol–water partition coefficient (Wildman–Crippen LogP) is 2.89. The van der Waals surface area contributed by atoms with E-state index in [4.69, 9.17) is 11.6 Å².